The van der Waals surface area contributed by atoms with Crippen molar-refractivity contribution in [2.24, 2.45) is 0 Å². The Morgan fingerprint density at radius 3 is 2.45 bits per heavy atom. The second-order valence-corrected chi connectivity index (χ2v) is 9.01. The molecule has 0 fully saturated rings. The van der Waals surface area contributed by atoms with Gasteiger partial charge in [0.25, 0.3) is 5.91 Å². The van der Waals surface area contributed by atoms with Crippen LogP contribution in [0.1, 0.15) is 47.3 Å². The van der Waals surface area contributed by atoms with Gasteiger partial charge >= 0.3 is 5.97 Å². The third-order valence-electron chi connectivity index (χ3n) is 6.22. The van der Waals surface area contributed by atoms with E-state index in [0.29, 0.717) is 38.1 Å². The molecule has 38 heavy (non-hydrogen) atoms. The van der Waals surface area contributed by atoms with Gasteiger partial charge in [-0.1, -0.05) is 36.4 Å². The number of furan rings is 1. The van der Waals surface area contributed by atoms with E-state index in [1.807, 2.05) is 83.8 Å². The number of para-hydroxylation sites is 1. The Morgan fingerprint density at radius 1 is 0.895 bits per heavy atom. The van der Waals surface area contributed by atoms with Crippen LogP contribution < -0.4 is 4.74 Å². The summed E-state index contributed by atoms with van der Waals surface area (Å²) in [5.74, 6) is 0.636. The smallest absolute Gasteiger partial charge is 0.303 e. The van der Waals surface area contributed by atoms with Crippen molar-refractivity contribution < 1.29 is 23.8 Å². The minimum absolute atomic E-state index is 0.0737. The van der Waals surface area contributed by atoms with E-state index in [-0.39, 0.29) is 12.3 Å². The quantitative estimate of drug-likeness (QED) is 0.201. The summed E-state index contributed by atoms with van der Waals surface area (Å²) in [6, 6.07) is 24.7. The zero-order chi connectivity index (χ0) is 26.6. The molecule has 4 rings (SSSR count). The molecule has 1 amide bonds. The van der Waals surface area contributed by atoms with Gasteiger partial charge in [-0.15, -0.1) is 0 Å². The lowest BCUT2D eigenvalue weighted by Crippen LogP contribution is -2.32. The van der Waals surface area contributed by atoms with Crippen molar-refractivity contribution in [3.8, 4) is 17.1 Å². The van der Waals surface area contributed by atoms with Gasteiger partial charge in [0, 0.05) is 54.5 Å². The summed E-state index contributed by atoms with van der Waals surface area (Å²) in [5.41, 5.74) is 3.34. The molecule has 0 saturated carbocycles. The number of rotatable bonds is 14. The zero-order valence-corrected chi connectivity index (χ0v) is 21.3. The summed E-state index contributed by atoms with van der Waals surface area (Å²) >= 11 is 0. The summed E-state index contributed by atoms with van der Waals surface area (Å²) in [6.07, 6.45) is 6.38. The number of amides is 1. The van der Waals surface area contributed by atoms with Crippen molar-refractivity contribution in [1.82, 2.24) is 9.88 Å². The van der Waals surface area contributed by atoms with Crippen LogP contribution in [-0.4, -0.2) is 40.0 Å². The molecule has 7 heteroatoms. The maximum atomic E-state index is 13.7. The molecule has 7 nitrogen and oxygen atoms in total. The Balaban J connectivity index is 1.46. The summed E-state index contributed by atoms with van der Waals surface area (Å²) < 4.78 is 11.5. The minimum atomic E-state index is -0.776. The number of carbonyl (C=O) groups is 2. The molecule has 2 heterocycles. The van der Waals surface area contributed by atoms with Gasteiger partial charge in [-0.25, -0.2) is 0 Å². The number of carboxylic acid groups (broad SMARTS) is 1. The highest BCUT2D eigenvalue weighted by atomic mass is 16.5. The highest BCUT2D eigenvalue weighted by molar-refractivity contribution is 5.94. The molecule has 0 bridgehead atoms. The van der Waals surface area contributed by atoms with Crippen LogP contribution in [0, 0.1) is 0 Å². The van der Waals surface area contributed by atoms with Gasteiger partial charge in [0.15, 0.2) is 0 Å². The summed E-state index contributed by atoms with van der Waals surface area (Å²) in [5, 5.41) is 8.80. The number of aromatic nitrogens is 1. The fraction of sp³-hybridized carbons (Fsp3) is 0.258. The van der Waals surface area contributed by atoms with E-state index in [4.69, 9.17) is 14.3 Å². The molecule has 0 aliphatic heterocycles. The normalized spacial score (nSPS) is 10.7. The topological polar surface area (TPSA) is 92.9 Å². The van der Waals surface area contributed by atoms with Crippen molar-refractivity contribution >= 4 is 11.9 Å². The average molecular weight is 513 g/mol. The van der Waals surface area contributed by atoms with Gasteiger partial charge in [0.05, 0.1) is 12.9 Å². The van der Waals surface area contributed by atoms with E-state index >= 15 is 0 Å². The van der Waals surface area contributed by atoms with Crippen LogP contribution in [0.15, 0.2) is 95.7 Å². The van der Waals surface area contributed by atoms with Crippen LogP contribution in [0.5, 0.6) is 5.75 Å². The van der Waals surface area contributed by atoms with E-state index < -0.39 is 5.97 Å². The molecule has 4 aromatic rings. The first-order chi connectivity index (χ1) is 18.6. The van der Waals surface area contributed by atoms with Gasteiger partial charge in [0.1, 0.15) is 11.5 Å². The summed E-state index contributed by atoms with van der Waals surface area (Å²) in [7, 11) is 0. The van der Waals surface area contributed by atoms with E-state index in [0.717, 1.165) is 41.2 Å². The van der Waals surface area contributed by atoms with Crippen molar-refractivity contribution in [1.29, 1.82) is 0 Å². The fourth-order valence-corrected chi connectivity index (χ4v) is 4.17. The number of aliphatic carboxylic acids is 1. The highest BCUT2D eigenvalue weighted by Crippen LogP contribution is 2.24. The lowest BCUT2D eigenvalue weighted by atomic mass is 10.1. The van der Waals surface area contributed by atoms with E-state index in [9.17, 15) is 9.59 Å². The molecule has 0 atom stereocenters. The largest absolute Gasteiger partial charge is 0.493 e. The van der Waals surface area contributed by atoms with Gasteiger partial charge in [-0.05, 0) is 61.7 Å². The Morgan fingerprint density at radius 2 is 1.71 bits per heavy atom. The molecule has 2 aromatic carbocycles. The standard InChI is InChI=1S/C31H32N2O5/c34-30(35)13-2-1-7-21-37-29-11-4-3-9-26(29)23-33(20-18-27-10-5-6-19-32-27)31(36)25-16-14-24(15-17-25)28-12-8-22-38-28/h3-6,8-12,14-17,19,22H,1-2,7,13,18,20-21,23H2,(H,34,35). The number of benzene rings is 2. The van der Waals surface area contributed by atoms with Crippen LogP contribution in [0.3, 0.4) is 0 Å². The Hall–Kier alpha value is -4.39. The molecule has 196 valence electrons. The Labute approximate surface area is 222 Å². The molecule has 0 unspecified atom stereocenters. The fourth-order valence-electron chi connectivity index (χ4n) is 4.17. The van der Waals surface area contributed by atoms with Crippen LogP contribution in [0.2, 0.25) is 0 Å². The lowest BCUT2D eigenvalue weighted by molar-refractivity contribution is -0.137. The monoisotopic (exact) mass is 512 g/mol. The lowest BCUT2D eigenvalue weighted by Gasteiger charge is -2.24. The molecular weight excluding hydrogens is 480 g/mol. The molecule has 0 spiro atoms. The SMILES string of the molecule is O=C(O)CCCCCOc1ccccc1CN(CCc1ccccn1)C(=O)c1ccc(-c2ccco2)cc1. The van der Waals surface area contributed by atoms with Crippen LogP contribution in [0.4, 0.5) is 0 Å². The van der Waals surface area contributed by atoms with Crippen molar-refractivity contribution in [3.05, 3.63) is 108 Å². The molecule has 0 aliphatic rings. The number of ether oxygens (including phenoxy) is 1. The second-order valence-electron chi connectivity index (χ2n) is 9.01. The maximum Gasteiger partial charge on any atom is 0.303 e. The van der Waals surface area contributed by atoms with Crippen LogP contribution >= 0.6 is 0 Å². The van der Waals surface area contributed by atoms with Gasteiger partial charge in [0.2, 0.25) is 0 Å². The first-order valence-electron chi connectivity index (χ1n) is 12.9. The van der Waals surface area contributed by atoms with Gasteiger partial charge < -0.3 is 19.2 Å². The maximum absolute atomic E-state index is 13.7. The molecule has 2 aromatic heterocycles. The molecular formula is C31H32N2O5. The van der Waals surface area contributed by atoms with Crippen LogP contribution in [-0.2, 0) is 17.8 Å². The number of carboxylic acids is 1. The predicted molar refractivity (Wildman–Crippen MR) is 145 cm³/mol. The summed E-state index contributed by atoms with van der Waals surface area (Å²) in [6.45, 7) is 1.38. The molecule has 1 N–H and O–H groups in total. The van der Waals surface area contributed by atoms with E-state index in [2.05, 4.69) is 4.98 Å². The minimum Gasteiger partial charge on any atom is -0.493 e. The van der Waals surface area contributed by atoms with Crippen LogP contribution in [0.25, 0.3) is 11.3 Å². The first kappa shape index (κ1) is 26.7. The summed E-state index contributed by atoms with van der Waals surface area (Å²) in [4.78, 5) is 30.6. The first-order valence-corrected chi connectivity index (χ1v) is 12.9. The van der Waals surface area contributed by atoms with E-state index in [1.54, 1.807) is 12.5 Å². The molecule has 0 radical (unpaired) electrons. The van der Waals surface area contributed by atoms with Gasteiger partial charge in [-0.2, -0.15) is 0 Å². The number of unbranched alkanes of at least 4 members (excludes halogenated alkanes) is 2. The molecule has 0 aliphatic carbocycles. The predicted octanol–water partition coefficient (Wildman–Crippen LogP) is 6.25. The number of nitrogens with zero attached hydrogens (tertiary/aromatic N) is 2. The second kappa shape index (κ2) is 13.8. The number of hydrogen-bond acceptors (Lipinski definition) is 5. The Bertz CT molecular complexity index is 1290. The zero-order valence-electron chi connectivity index (χ0n) is 21.3. The third-order valence-corrected chi connectivity index (χ3v) is 6.22. The Kier molecular flexibility index (Phi) is 9.68. The van der Waals surface area contributed by atoms with Crippen molar-refractivity contribution in [3.63, 3.8) is 0 Å². The van der Waals surface area contributed by atoms with Crippen molar-refractivity contribution in [2.75, 3.05) is 13.2 Å². The van der Waals surface area contributed by atoms with Gasteiger partial charge in [-0.3, -0.25) is 14.6 Å². The third kappa shape index (κ3) is 7.80. The van der Waals surface area contributed by atoms with Crippen molar-refractivity contribution in [2.45, 2.75) is 38.6 Å². The average Bonchev–Trinajstić information content (AvgIpc) is 3.49. The number of pyridine rings is 1. The molecule has 0 saturated heterocycles. The van der Waals surface area contributed by atoms with E-state index in [1.165, 1.54) is 0 Å². The highest BCUT2D eigenvalue weighted by Gasteiger charge is 2.19. The number of carbonyl (C=O) groups excluding carboxylic acids is 1. The number of hydrogen-bond donors (Lipinski definition) is 1.